The maximum absolute atomic E-state index is 13.3. The second-order valence-corrected chi connectivity index (χ2v) is 6.29. The van der Waals surface area contributed by atoms with Crippen LogP contribution in [0.1, 0.15) is 38.3 Å². The van der Waals surface area contributed by atoms with E-state index in [4.69, 9.17) is 4.74 Å². The van der Waals surface area contributed by atoms with Crippen molar-refractivity contribution in [3.63, 3.8) is 0 Å². The van der Waals surface area contributed by atoms with Gasteiger partial charge in [0.15, 0.2) is 0 Å². The molecule has 0 bridgehead atoms. The van der Waals surface area contributed by atoms with E-state index < -0.39 is 5.66 Å². The van der Waals surface area contributed by atoms with Crippen LogP contribution in [-0.2, 0) is 5.66 Å². The van der Waals surface area contributed by atoms with Crippen molar-refractivity contribution in [1.29, 1.82) is 0 Å². The van der Waals surface area contributed by atoms with Gasteiger partial charge in [-0.2, -0.15) is 4.74 Å². The van der Waals surface area contributed by atoms with Crippen LogP contribution in [0, 0.1) is 5.21 Å². The van der Waals surface area contributed by atoms with Gasteiger partial charge in [-0.05, 0) is 49.7 Å². The Balaban J connectivity index is 2.09. The van der Waals surface area contributed by atoms with Crippen molar-refractivity contribution in [3.8, 4) is 5.75 Å². The Hall–Kier alpha value is -2.37. The van der Waals surface area contributed by atoms with Crippen LogP contribution in [-0.4, -0.2) is 33.4 Å². The molecule has 1 heterocycles. The summed E-state index contributed by atoms with van der Waals surface area (Å²) < 4.78 is 6.41. The highest BCUT2D eigenvalue weighted by Gasteiger charge is 2.55. The fourth-order valence-corrected chi connectivity index (χ4v) is 3.45. The minimum Gasteiger partial charge on any atom is -0.622 e. The molecule has 0 radical (unpaired) electrons. The third-order valence-corrected chi connectivity index (χ3v) is 4.84. The zero-order valence-corrected chi connectivity index (χ0v) is 14.8. The summed E-state index contributed by atoms with van der Waals surface area (Å²) >= 11 is 0. The molecule has 2 aromatic carbocycles. The Morgan fingerprint density at radius 3 is 2.32 bits per heavy atom. The Bertz CT molecular complexity index is 758. The molecule has 0 aliphatic carbocycles. The van der Waals surface area contributed by atoms with Crippen molar-refractivity contribution >= 4 is 5.71 Å². The van der Waals surface area contributed by atoms with Crippen LogP contribution < -0.4 is 4.74 Å². The molecule has 5 heteroatoms. The SMILES string of the molecule is CCOc1ccc([C@@]2(C)N(O)[C@@H](CC)C(c3ccccc3)=[N+]2[O-])cc1. The summed E-state index contributed by atoms with van der Waals surface area (Å²) in [5, 5.41) is 25.3. The number of hydroxylamine groups is 3. The summed E-state index contributed by atoms with van der Waals surface area (Å²) in [5.41, 5.74) is 0.953. The molecule has 0 spiro atoms. The molecule has 1 N–H and O–H groups in total. The summed E-state index contributed by atoms with van der Waals surface area (Å²) in [6.07, 6.45) is 0.631. The second-order valence-electron chi connectivity index (χ2n) is 6.29. The highest BCUT2D eigenvalue weighted by molar-refractivity contribution is 6.01. The van der Waals surface area contributed by atoms with Crippen LogP contribution in [0.3, 0.4) is 0 Å². The Labute approximate surface area is 148 Å². The van der Waals surface area contributed by atoms with E-state index in [1.54, 1.807) is 6.92 Å². The van der Waals surface area contributed by atoms with E-state index in [-0.39, 0.29) is 6.04 Å². The summed E-state index contributed by atoms with van der Waals surface area (Å²) in [6.45, 7) is 6.22. The first kappa shape index (κ1) is 17.5. The fourth-order valence-electron chi connectivity index (χ4n) is 3.45. The monoisotopic (exact) mass is 340 g/mol. The lowest BCUT2D eigenvalue weighted by Crippen LogP contribution is -2.46. The largest absolute Gasteiger partial charge is 0.622 e. The lowest BCUT2D eigenvalue weighted by atomic mass is 10.0. The molecule has 25 heavy (non-hydrogen) atoms. The third-order valence-electron chi connectivity index (χ3n) is 4.84. The first-order valence-corrected chi connectivity index (χ1v) is 8.65. The van der Waals surface area contributed by atoms with E-state index in [9.17, 15) is 10.4 Å². The molecular formula is C20H24N2O3. The quantitative estimate of drug-likeness (QED) is 0.665. The van der Waals surface area contributed by atoms with Crippen molar-refractivity contribution in [2.75, 3.05) is 6.61 Å². The van der Waals surface area contributed by atoms with Gasteiger partial charge in [-0.25, -0.2) is 0 Å². The summed E-state index contributed by atoms with van der Waals surface area (Å²) in [5.74, 6) is 0.745. The van der Waals surface area contributed by atoms with E-state index in [1.165, 1.54) is 5.06 Å². The summed E-state index contributed by atoms with van der Waals surface area (Å²) in [4.78, 5) is 0. The normalized spacial score (nSPS) is 23.9. The highest BCUT2D eigenvalue weighted by atomic mass is 16.6. The molecule has 1 aliphatic heterocycles. The van der Waals surface area contributed by atoms with Gasteiger partial charge in [-0.3, -0.25) is 0 Å². The van der Waals surface area contributed by atoms with E-state index >= 15 is 0 Å². The summed E-state index contributed by atoms with van der Waals surface area (Å²) in [6, 6.07) is 16.5. The number of ether oxygens (including phenoxy) is 1. The molecule has 0 amide bonds. The van der Waals surface area contributed by atoms with Crippen molar-refractivity contribution in [2.24, 2.45) is 0 Å². The zero-order chi connectivity index (χ0) is 18.0. The molecule has 0 aromatic heterocycles. The maximum Gasteiger partial charge on any atom is 0.274 e. The van der Waals surface area contributed by atoms with E-state index in [1.807, 2.05) is 68.4 Å². The molecule has 2 atom stereocenters. The highest BCUT2D eigenvalue weighted by Crippen LogP contribution is 2.37. The lowest BCUT2D eigenvalue weighted by molar-refractivity contribution is -0.595. The van der Waals surface area contributed by atoms with Gasteiger partial charge >= 0.3 is 0 Å². The number of benzene rings is 2. The van der Waals surface area contributed by atoms with Gasteiger partial charge in [0.2, 0.25) is 5.71 Å². The molecule has 132 valence electrons. The number of rotatable bonds is 5. The first-order chi connectivity index (χ1) is 12.0. The van der Waals surface area contributed by atoms with Crippen LogP contribution in [0.2, 0.25) is 0 Å². The standard InChI is InChI=1S/C20H24N2O3/c1-4-18-19(15-9-7-6-8-10-15)22(24)20(3,21(18)23)16-11-13-17(14-12-16)25-5-2/h6-14,18,23H,4-5H2,1-3H3/t18-,20-/m0/s1. The first-order valence-electron chi connectivity index (χ1n) is 8.65. The second kappa shape index (κ2) is 6.86. The third kappa shape index (κ3) is 2.79. The Morgan fingerprint density at radius 1 is 1.12 bits per heavy atom. The molecule has 2 aromatic rings. The van der Waals surface area contributed by atoms with Gasteiger partial charge in [0.05, 0.1) is 6.61 Å². The van der Waals surface area contributed by atoms with Crippen LogP contribution >= 0.6 is 0 Å². The molecule has 3 rings (SSSR count). The predicted molar refractivity (Wildman–Crippen MR) is 96.8 cm³/mol. The van der Waals surface area contributed by atoms with E-state index in [0.717, 1.165) is 21.6 Å². The van der Waals surface area contributed by atoms with Gasteiger partial charge in [-0.1, -0.05) is 25.1 Å². The minimum atomic E-state index is -1.18. The van der Waals surface area contributed by atoms with Gasteiger partial charge in [-0.15, -0.1) is 5.06 Å². The van der Waals surface area contributed by atoms with Crippen molar-refractivity contribution in [1.82, 2.24) is 5.06 Å². The molecular weight excluding hydrogens is 316 g/mol. The van der Waals surface area contributed by atoms with Crippen LogP contribution in [0.5, 0.6) is 5.75 Å². The van der Waals surface area contributed by atoms with Crippen molar-refractivity contribution in [2.45, 2.75) is 38.9 Å². The summed E-state index contributed by atoms with van der Waals surface area (Å²) in [7, 11) is 0. The lowest BCUT2D eigenvalue weighted by Gasteiger charge is -2.30. The Morgan fingerprint density at radius 2 is 1.76 bits per heavy atom. The van der Waals surface area contributed by atoms with Crippen LogP contribution in [0.4, 0.5) is 0 Å². The maximum atomic E-state index is 13.3. The van der Waals surface area contributed by atoms with Gasteiger partial charge in [0.1, 0.15) is 11.8 Å². The average molecular weight is 340 g/mol. The van der Waals surface area contributed by atoms with Gasteiger partial charge in [0.25, 0.3) is 5.66 Å². The zero-order valence-electron chi connectivity index (χ0n) is 14.8. The average Bonchev–Trinajstić information content (AvgIpc) is 2.84. The number of hydrogen-bond donors (Lipinski definition) is 1. The van der Waals surface area contributed by atoms with Crippen molar-refractivity contribution < 1.29 is 14.7 Å². The fraction of sp³-hybridized carbons (Fsp3) is 0.350. The van der Waals surface area contributed by atoms with Crippen LogP contribution in [0.25, 0.3) is 0 Å². The van der Waals surface area contributed by atoms with E-state index in [2.05, 4.69) is 0 Å². The molecule has 1 aliphatic rings. The van der Waals surface area contributed by atoms with E-state index in [0.29, 0.717) is 18.7 Å². The van der Waals surface area contributed by atoms with Crippen LogP contribution in [0.15, 0.2) is 54.6 Å². The minimum absolute atomic E-state index is 0.364. The molecule has 0 unspecified atom stereocenters. The molecule has 0 fully saturated rings. The molecule has 5 nitrogen and oxygen atoms in total. The molecule has 0 saturated heterocycles. The number of nitrogens with zero attached hydrogens (tertiary/aromatic N) is 2. The number of hydrogen-bond acceptors (Lipinski definition) is 4. The Kier molecular flexibility index (Phi) is 4.79. The smallest absolute Gasteiger partial charge is 0.274 e. The molecule has 0 saturated carbocycles. The van der Waals surface area contributed by atoms with Crippen molar-refractivity contribution in [3.05, 3.63) is 70.9 Å². The predicted octanol–water partition coefficient (Wildman–Crippen LogP) is 3.74. The van der Waals surface area contributed by atoms with Gasteiger partial charge in [0, 0.05) is 18.1 Å². The topological polar surface area (TPSA) is 58.8 Å². The van der Waals surface area contributed by atoms with Gasteiger partial charge < -0.3 is 15.2 Å².